The van der Waals surface area contributed by atoms with Crippen LogP contribution in [0.25, 0.3) is 22.3 Å². The Hall–Kier alpha value is -4.28. The normalized spacial score (nSPS) is 11.3. The van der Waals surface area contributed by atoms with Crippen LogP contribution >= 0.6 is 0 Å². The van der Waals surface area contributed by atoms with Crippen molar-refractivity contribution in [1.29, 1.82) is 0 Å². The number of aromatic nitrogens is 3. The largest absolute Gasteiger partial charge is 0.466 e. The van der Waals surface area contributed by atoms with E-state index in [-0.39, 0.29) is 23.0 Å². The van der Waals surface area contributed by atoms with Crippen molar-refractivity contribution in [2.24, 2.45) is 0 Å². The highest BCUT2D eigenvalue weighted by Crippen LogP contribution is 2.30. The summed E-state index contributed by atoms with van der Waals surface area (Å²) in [6.07, 6.45) is 1.52. The molecule has 4 rings (SSSR count). The van der Waals surface area contributed by atoms with Gasteiger partial charge in [-0.05, 0) is 52.0 Å². The maximum atomic E-state index is 13.1. The van der Waals surface area contributed by atoms with E-state index in [2.05, 4.69) is 15.2 Å². The maximum absolute atomic E-state index is 13.1. The summed E-state index contributed by atoms with van der Waals surface area (Å²) in [7, 11) is 0. The number of amides is 1. The van der Waals surface area contributed by atoms with Gasteiger partial charge in [-0.1, -0.05) is 12.1 Å². The SMILES string of the molecule is Cc1cc(-c2cc(C(=O)OCC(=O)Nc3ccccc3OC(F)F)c3cnn(C(C)C)c3n2)c(C)o1. The Bertz CT molecular complexity index is 1430. The van der Waals surface area contributed by atoms with Gasteiger partial charge in [-0.3, -0.25) is 4.79 Å². The number of pyridine rings is 1. The lowest BCUT2D eigenvalue weighted by Crippen LogP contribution is -2.21. The molecule has 0 radical (unpaired) electrons. The van der Waals surface area contributed by atoms with Gasteiger partial charge >= 0.3 is 12.6 Å². The standard InChI is InChI=1S/C25H24F2N4O5/c1-13(2)31-23-18(11-28-31)17(10-20(30-23)16-9-14(3)35-15(16)4)24(33)34-12-22(32)29-19-7-5-6-8-21(19)36-25(26)27/h5-11,13,25H,12H2,1-4H3,(H,29,32). The molecule has 0 aliphatic rings. The number of benzene rings is 1. The molecular formula is C25H24F2N4O5. The zero-order valence-electron chi connectivity index (χ0n) is 20.0. The number of halogens is 2. The number of furan rings is 1. The first kappa shape index (κ1) is 24.8. The van der Waals surface area contributed by atoms with Gasteiger partial charge in [0.1, 0.15) is 17.3 Å². The van der Waals surface area contributed by atoms with Crippen LogP contribution in [0.3, 0.4) is 0 Å². The minimum absolute atomic E-state index is 0.0245. The van der Waals surface area contributed by atoms with Gasteiger partial charge in [0.05, 0.1) is 28.5 Å². The van der Waals surface area contributed by atoms with Crippen molar-refractivity contribution in [2.45, 2.75) is 40.3 Å². The Balaban J connectivity index is 1.59. The van der Waals surface area contributed by atoms with Gasteiger partial charge < -0.3 is 19.2 Å². The molecule has 0 saturated heterocycles. The van der Waals surface area contributed by atoms with Crippen LogP contribution < -0.4 is 10.1 Å². The average Bonchev–Trinajstić information content (AvgIpc) is 3.40. The third-order valence-electron chi connectivity index (χ3n) is 5.30. The Morgan fingerprint density at radius 3 is 2.58 bits per heavy atom. The summed E-state index contributed by atoms with van der Waals surface area (Å²) in [5.74, 6) is -0.369. The number of aryl methyl sites for hydroxylation is 2. The summed E-state index contributed by atoms with van der Waals surface area (Å²) in [5.41, 5.74) is 1.89. The molecule has 0 atom stereocenters. The summed E-state index contributed by atoms with van der Waals surface area (Å²) in [6.45, 7) is 3.78. The highest BCUT2D eigenvalue weighted by Gasteiger charge is 2.22. The molecule has 4 aromatic rings. The number of ether oxygens (including phenoxy) is 2. The van der Waals surface area contributed by atoms with E-state index in [1.165, 1.54) is 24.4 Å². The van der Waals surface area contributed by atoms with Crippen molar-refractivity contribution in [3.8, 4) is 17.0 Å². The van der Waals surface area contributed by atoms with Crippen molar-refractivity contribution in [3.63, 3.8) is 0 Å². The molecule has 0 fully saturated rings. The Labute approximate surface area is 205 Å². The van der Waals surface area contributed by atoms with Crippen LogP contribution in [-0.2, 0) is 9.53 Å². The number of carbonyl (C=O) groups is 2. The number of alkyl halides is 2. The van der Waals surface area contributed by atoms with E-state index >= 15 is 0 Å². The van der Waals surface area contributed by atoms with E-state index < -0.39 is 25.1 Å². The van der Waals surface area contributed by atoms with Crippen LogP contribution in [0.2, 0.25) is 0 Å². The smallest absolute Gasteiger partial charge is 0.387 e. The summed E-state index contributed by atoms with van der Waals surface area (Å²) in [5, 5.41) is 7.23. The van der Waals surface area contributed by atoms with Crippen LogP contribution in [0.15, 0.2) is 47.0 Å². The Morgan fingerprint density at radius 1 is 1.17 bits per heavy atom. The molecule has 188 valence electrons. The molecule has 0 spiro atoms. The summed E-state index contributed by atoms with van der Waals surface area (Å²) >= 11 is 0. The first-order valence-electron chi connectivity index (χ1n) is 11.1. The van der Waals surface area contributed by atoms with Gasteiger partial charge in [-0.2, -0.15) is 13.9 Å². The fourth-order valence-corrected chi connectivity index (χ4v) is 3.75. The van der Waals surface area contributed by atoms with Crippen molar-refractivity contribution >= 4 is 28.6 Å². The molecule has 36 heavy (non-hydrogen) atoms. The van der Waals surface area contributed by atoms with E-state index in [0.29, 0.717) is 33.8 Å². The van der Waals surface area contributed by atoms with Gasteiger partial charge in [0.25, 0.3) is 5.91 Å². The van der Waals surface area contributed by atoms with E-state index in [9.17, 15) is 18.4 Å². The average molecular weight is 498 g/mol. The van der Waals surface area contributed by atoms with E-state index in [1.54, 1.807) is 23.7 Å². The molecule has 3 heterocycles. The second-order valence-electron chi connectivity index (χ2n) is 8.30. The molecule has 9 nitrogen and oxygen atoms in total. The van der Waals surface area contributed by atoms with Crippen LogP contribution in [0.5, 0.6) is 5.75 Å². The van der Waals surface area contributed by atoms with Crippen molar-refractivity contribution < 1.29 is 32.3 Å². The van der Waals surface area contributed by atoms with Crippen molar-refractivity contribution in [2.75, 3.05) is 11.9 Å². The van der Waals surface area contributed by atoms with E-state index in [4.69, 9.17) is 14.1 Å². The molecule has 1 N–H and O–H groups in total. The minimum Gasteiger partial charge on any atom is -0.466 e. The molecule has 0 bridgehead atoms. The lowest BCUT2D eigenvalue weighted by molar-refractivity contribution is -0.119. The second-order valence-corrected chi connectivity index (χ2v) is 8.30. The third kappa shape index (κ3) is 5.19. The molecule has 11 heteroatoms. The second kappa shape index (κ2) is 10.1. The summed E-state index contributed by atoms with van der Waals surface area (Å²) in [6, 6.07) is 9.07. The highest BCUT2D eigenvalue weighted by molar-refractivity contribution is 6.05. The van der Waals surface area contributed by atoms with Crippen LogP contribution in [-0.4, -0.2) is 39.9 Å². The molecule has 1 amide bonds. The number of para-hydroxylation sites is 2. The number of anilines is 1. The molecular weight excluding hydrogens is 474 g/mol. The molecule has 0 saturated carbocycles. The van der Waals surface area contributed by atoms with Crippen molar-refractivity contribution in [3.05, 3.63) is 59.7 Å². The zero-order valence-corrected chi connectivity index (χ0v) is 20.0. The van der Waals surface area contributed by atoms with E-state index in [0.717, 1.165) is 0 Å². The first-order valence-corrected chi connectivity index (χ1v) is 11.1. The van der Waals surface area contributed by atoms with Crippen LogP contribution in [0, 0.1) is 13.8 Å². The molecule has 0 aliphatic carbocycles. The fraction of sp³-hybridized carbons (Fsp3) is 0.280. The number of carbonyl (C=O) groups excluding carboxylic acids is 2. The number of nitrogens with one attached hydrogen (secondary N) is 1. The topological polar surface area (TPSA) is 108 Å². The third-order valence-corrected chi connectivity index (χ3v) is 5.30. The predicted octanol–water partition coefficient (Wildman–Crippen LogP) is 5.29. The monoisotopic (exact) mass is 498 g/mol. The van der Waals surface area contributed by atoms with E-state index in [1.807, 2.05) is 26.8 Å². The van der Waals surface area contributed by atoms with Gasteiger partial charge in [-0.25, -0.2) is 14.5 Å². The predicted molar refractivity (Wildman–Crippen MR) is 127 cm³/mol. The quantitative estimate of drug-likeness (QED) is 0.329. The number of nitrogens with zero attached hydrogens (tertiary/aromatic N) is 3. The molecule has 3 aromatic heterocycles. The lowest BCUT2D eigenvalue weighted by atomic mass is 10.1. The maximum Gasteiger partial charge on any atom is 0.387 e. The van der Waals surface area contributed by atoms with Gasteiger partial charge in [-0.15, -0.1) is 0 Å². The van der Waals surface area contributed by atoms with Crippen LogP contribution in [0.1, 0.15) is 41.8 Å². The number of rotatable bonds is 8. The highest BCUT2D eigenvalue weighted by atomic mass is 19.3. The number of fused-ring (bicyclic) bond motifs is 1. The number of hydrogen-bond acceptors (Lipinski definition) is 7. The van der Waals surface area contributed by atoms with Gasteiger partial charge in [0.15, 0.2) is 12.3 Å². The Morgan fingerprint density at radius 2 is 1.92 bits per heavy atom. The zero-order chi connectivity index (χ0) is 26.0. The molecule has 0 aliphatic heterocycles. The number of esters is 1. The van der Waals surface area contributed by atoms with Gasteiger partial charge in [0, 0.05) is 11.6 Å². The summed E-state index contributed by atoms with van der Waals surface area (Å²) < 4.78 is 42.2. The first-order chi connectivity index (χ1) is 17.1. The molecule has 1 aromatic carbocycles. The minimum atomic E-state index is -3.06. The van der Waals surface area contributed by atoms with Crippen LogP contribution in [0.4, 0.5) is 14.5 Å². The van der Waals surface area contributed by atoms with Crippen molar-refractivity contribution in [1.82, 2.24) is 14.8 Å². The fourth-order valence-electron chi connectivity index (χ4n) is 3.75. The Kier molecular flexibility index (Phi) is 7.00. The van der Waals surface area contributed by atoms with Gasteiger partial charge in [0.2, 0.25) is 0 Å². The number of hydrogen-bond donors (Lipinski definition) is 1. The summed E-state index contributed by atoms with van der Waals surface area (Å²) in [4.78, 5) is 30.2. The lowest BCUT2D eigenvalue weighted by Gasteiger charge is -2.12. The molecule has 0 unspecified atom stereocenters.